The van der Waals surface area contributed by atoms with Gasteiger partial charge in [-0.05, 0) is 30.7 Å². The number of carbonyl (C=O) groups is 1. The van der Waals surface area contributed by atoms with Gasteiger partial charge in [0.2, 0.25) is 0 Å². The van der Waals surface area contributed by atoms with Crippen molar-refractivity contribution >= 4 is 27.6 Å². The Kier molecular flexibility index (Phi) is 7.56. The lowest BCUT2D eigenvalue weighted by molar-refractivity contribution is -0.141. The molecule has 1 aromatic carbocycles. The number of nitrogens with one attached hydrogen (secondary N) is 1. The summed E-state index contributed by atoms with van der Waals surface area (Å²) >= 11 is 3.39. The van der Waals surface area contributed by atoms with Crippen molar-refractivity contribution in [2.45, 2.75) is 45.1 Å². The molecule has 0 aliphatic carbocycles. The van der Waals surface area contributed by atoms with Crippen LogP contribution in [0, 0.1) is 0 Å². The van der Waals surface area contributed by atoms with Gasteiger partial charge in [0.15, 0.2) is 0 Å². The zero-order valence-corrected chi connectivity index (χ0v) is 13.2. The Morgan fingerprint density at radius 1 is 1.26 bits per heavy atom. The van der Waals surface area contributed by atoms with E-state index in [1.54, 1.807) is 0 Å². The van der Waals surface area contributed by atoms with Crippen LogP contribution in [-0.4, -0.2) is 19.1 Å². The minimum Gasteiger partial charge on any atom is -0.467 e. The number of halogens is 1. The Labute approximate surface area is 123 Å². The summed E-state index contributed by atoms with van der Waals surface area (Å²) in [5, 5.41) is 3.24. The van der Waals surface area contributed by atoms with E-state index in [0.29, 0.717) is 0 Å². The Morgan fingerprint density at radius 2 is 1.95 bits per heavy atom. The maximum atomic E-state index is 11.8. The molecule has 0 aliphatic heterocycles. The number of hydrogen-bond donors (Lipinski definition) is 1. The van der Waals surface area contributed by atoms with Crippen molar-refractivity contribution in [3.05, 3.63) is 28.7 Å². The molecule has 1 aromatic rings. The quantitative estimate of drug-likeness (QED) is 0.569. The fourth-order valence-electron chi connectivity index (χ4n) is 1.91. The molecule has 3 nitrogen and oxygen atoms in total. The summed E-state index contributed by atoms with van der Waals surface area (Å²) in [6.07, 6.45) is 5.42. The van der Waals surface area contributed by atoms with Crippen molar-refractivity contribution in [1.82, 2.24) is 0 Å². The van der Waals surface area contributed by atoms with Gasteiger partial charge in [-0.1, -0.05) is 48.5 Å². The maximum absolute atomic E-state index is 11.8. The zero-order chi connectivity index (χ0) is 14.1. The van der Waals surface area contributed by atoms with E-state index in [1.807, 2.05) is 24.3 Å². The highest BCUT2D eigenvalue weighted by Crippen LogP contribution is 2.17. The fraction of sp³-hybridized carbons (Fsp3) is 0.533. The fourth-order valence-corrected chi connectivity index (χ4v) is 2.18. The third kappa shape index (κ3) is 6.10. The van der Waals surface area contributed by atoms with Crippen LogP contribution in [0.2, 0.25) is 0 Å². The minimum absolute atomic E-state index is 0.195. The first-order valence-electron chi connectivity index (χ1n) is 6.77. The van der Waals surface area contributed by atoms with Crippen LogP contribution < -0.4 is 5.32 Å². The summed E-state index contributed by atoms with van der Waals surface area (Å²) in [6.45, 7) is 2.18. The molecule has 4 heteroatoms. The molecule has 0 bridgehead atoms. The Morgan fingerprint density at radius 3 is 2.53 bits per heavy atom. The van der Waals surface area contributed by atoms with Gasteiger partial charge in [-0.25, -0.2) is 4.79 Å². The molecular formula is C15H22BrNO2. The van der Waals surface area contributed by atoms with Crippen LogP contribution in [0.1, 0.15) is 39.0 Å². The van der Waals surface area contributed by atoms with Gasteiger partial charge in [-0.3, -0.25) is 0 Å². The largest absolute Gasteiger partial charge is 0.467 e. The molecule has 0 heterocycles. The summed E-state index contributed by atoms with van der Waals surface area (Å²) in [5.41, 5.74) is 0.939. The van der Waals surface area contributed by atoms with E-state index in [0.717, 1.165) is 29.4 Å². The molecule has 106 valence electrons. The van der Waals surface area contributed by atoms with Crippen LogP contribution in [0.15, 0.2) is 28.7 Å². The lowest BCUT2D eigenvalue weighted by atomic mass is 10.1. The maximum Gasteiger partial charge on any atom is 0.328 e. The van der Waals surface area contributed by atoms with Gasteiger partial charge in [-0.2, -0.15) is 0 Å². The monoisotopic (exact) mass is 327 g/mol. The highest BCUT2D eigenvalue weighted by molar-refractivity contribution is 9.10. The predicted octanol–water partition coefficient (Wildman–Crippen LogP) is 4.37. The van der Waals surface area contributed by atoms with Gasteiger partial charge >= 0.3 is 5.97 Å². The van der Waals surface area contributed by atoms with Gasteiger partial charge in [0.1, 0.15) is 6.04 Å². The molecule has 0 saturated carbocycles. The lowest BCUT2D eigenvalue weighted by Crippen LogP contribution is -2.30. The van der Waals surface area contributed by atoms with Crippen molar-refractivity contribution in [2.75, 3.05) is 12.4 Å². The molecule has 0 fully saturated rings. The van der Waals surface area contributed by atoms with Crippen molar-refractivity contribution in [1.29, 1.82) is 0 Å². The van der Waals surface area contributed by atoms with Crippen molar-refractivity contribution in [3.63, 3.8) is 0 Å². The number of benzene rings is 1. The minimum atomic E-state index is -0.261. The standard InChI is InChI=1S/C15H22BrNO2/c1-3-4-5-6-7-14(15(18)19-2)17-13-10-8-12(16)9-11-13/h8-11,14,17H,3-7H2,1-2H3. The summed E-state index contributed by atoms with van der Waals surface area (Å²) in [4.78, 5) is 11.8. The van der Waals surface area contributed by atoms with E-state index >= 15 is 0 Å². The lowest BCUT2D eigenvalue weighted by Gasteiger charge is -2.17. The predicted molar refractivity (Wildman–Crippen MR) is 82.3 cm³/mol. The van der Waals surface area contributed by atoms with Gasteiger partial charge in [-0.15, -0.1) is 0 Å². The van der Waals surface area contributed by atoms with Crippen LogP contribution in [0.4, 0.5) is 5.69 Å². The first-order valence-corrected chi connectivity index (χ1v) is 7.56. The van der Waals surface area contributed by atoms with Gasteiger partial charge in [0.25, 0.3) is 0 Å². The van der Waals surface area contributed by atoms with Crippen molar-refractivity contribution in [2.24, 2.45) is 0 Å². The highest BCUT2D eigenvalue weighted by atomic mass is 79.9. The number of esters is 1. The first kappa shape index (κ1) is 16.0. The average Bonchev–Trinajstić information content (AvgIpc) is 2.43. The molecule has 1 atom stereocenters. The molecule has 0 amide bonds. The van der Waals surface area contributed by atoms with Gasteiger partial charge in [0, 0.05) is 10.2 Å². The molecule has 1 unspecified atom stereocenters. The molecule has 19 heavy (non-hydrogen) atoms. The third-order valence-electron chi connectivity index (χ3n) is 3.02. The topological polar surface area (TPSA) is 38.3 Å². The van der Waals surface area contributed by atoms with E-state index in [1.165, 1.54) is 20.0 Å². The molecule has 1 N–H and O–H groups in total. The summed E-state index contributed by atoms with van der Waals surface area (Å²) < 4.78 is 5.88. The zero-order valence-electron chi connectivity index (χ0n) is 11.6. The van der Waals surface area contributed by atoms with Crippen LogP contribution in [0.3, 0.4) is 0 Å². The van der Waals surface area contributed by atoms with Crippen LogP contribution in [-0.2, 0) is 9.53 Å². The molecule has 0 spiro atoms. The summed E-state index contributed by atoms with van der Waals surface area (Å²) in [7, 11) is 1.44. The highest BCUT2D eigenvalue weighted by Gasteiger charge is 2.18. The van der Waals surface area contributed by atoms with Crippen LogP contribution in [0.5, 0.6) is 0 Å². The number of unbranched alkanes of at least 4 members (excludes halogenated alkanes) is 3. The number of methoxy groups -OCH3 is 1. The Balaban J connectivity index is 2.53. The molecule has 0 aliphatic rings. The molecule has 1 rings (SSSR count). The SMILES string of the molecule is CCCCCCC(Nc1ccc(Br)cc1)C(=O)OC. The molecule has 0 saturated heterocycles. The van der Waals surface area contributed by atoms with E-state index < -0.39 is 0 Å². The molecule has 0 radical (unpaired) electrons. The van der Waals surface area contributed by atoms with E-state index in [9.17, 15) is 4.79 Å². The average molecular weight is 328 g/mol. The number of carbonyl (C=O) groups excluding carboxylic acids is 1. The summed E-state index contributed by atoms with van der Waals surface area (Å²) in [5.74, 6) is -0.195. The van der Waals surface area contributed by atoms with E-state index in [4.69, 9.17) is 4.74 Å². The van der Waals surface area contributed by atoms with E-state index in [-0.39, 0.29) is 12.0 Å². The first-order chi connectivity index (χ1) is 9.17. The Bertz CT molecular complexity index is 378. The van der Waals surface area contributed by atoms with Gasteiger partial charge in [0.05, 0.1) is 7.11 Å². The Hall–Kier alpha value is -1.03. The van der Waals surface area contributed by atoms with E-state index in [2.05, 4.69) is 28.2 Å². The number of rotatable bonds is 8. The molecule has 0 aromatic heterocycles. The normalized spacial score (nSPS) is 11.9. The second-order valence-electron chi connectivity index (χ2n) is 4.58. The van der Waals surface area contributed by atoms with Crippen molar-refractivity contribution < 1.29 is 9.53 Å². The smallest absolute Gasteiger partial charge is 0.328 e. The van der Waals surface area contributed by atoms with Gasteiger partial charge < -0.3 is 10.1 Å². The third-order valence-corrected chi connectivity index (χ3v) is 3.55. The number of anilines is 1. The van der Waals surface area contributed by atoms with Crippen LogP contribution >= 0.6 is 15.9 Å². The second kappa shape index (κ2) is 8.97. The van der Waals surface area contributed by atoms with Crippen LogP contribution in [0.25, 0.3) is 0 Å². The summed E-state index contributed by atoms with van der Waals surface area (Å²) in [6, 6.07) is 7.54. The number of hydrogen-bond acceptors (Lipinski definition) is 3. The van der Waals surface area contributed by atoms with Crippen molar-refractivity contribution in [3.8, 4) is 0 Å². The molecular weight excluding hydrogens is 306 g/mol. The number of ether oxygens (including phenoxy) is 1. The second-order valence-corrected chi connectivity index (χ2v) is 5.49.